The molecule has 2 aliphatic rings. The number of rotatable bonds is 5. The predicted molar refractivity (Wildman–Crippen MR) is 122 cm³/mol. The largest absolute Gasteiger partial charge is 0.505 e. The molecule has 2 fully saturated rings. The van der Waals surface area contributed by atoms with E-state index in [0.717, 1.165) is 62.8 Å². The molecular formula is C23H30N8O2. The average Bonchev–Trinajstić information content (AvgIpc) is 3.48. The van der Waals surface area contributed by atoms with Crippen molar-refractivity contribution in [2.24, 2.45) is 10.2 Å². The lowest BCUT2D eigenvalue weighted by Crippen LogP contribution is -2.24. The number of aryl methyl sites for hydroxylation is 1. The number of para-hydroxylation sites is 1. The predicted octanol–water partition coefficient (Wildman–Crippen LogP) is 5.07. The molecule has 2 saturated carbocycles. The van der Waals surface area contributed by atoms with Crippen LogP contribution in [0, 0.1) is 6.92 Å². The second kappa shape index (κ2) is 9.29. The van der Waals surface area contributed by atoms with Crippen LogP contribution in [0.2, 0.25) is 0 Å². The zero-order valence-electron chi connectivity index (χ0n) is 18.9. The minimum Gasteiger partial charge on any atom is -0.505 e. The summed E-state index contributed by atoms with van der Waals surface area (Å²) in [5, 5.41) is 37.2. The summed E-state index contributed by atoms with van der Waals surface area (Å²) in [7, 11) is 0. The molecule has 33 heavy (non-hydrogen) atoms. The van der Waals surface area contributed by atoms with E-state index in [1.165, 1.54) is 6.42 Å². The summed E-state index contributed by atoms with van der Waals surface area (Å²) in [6, 6.07) is 5.74. The smallest absolute Gasteiger partial charge is 0.294 e. The topological polar surface area (TPSA) is 137 Å². The number of azo groups is 1. The van der Waals surface area contributed by atoms with Gasteiger partial charge in [0.1, 0.15) is 11.4 Å². The van der Waals surface area contributed by atoms with Crippen molar-refractivity contribution >= 4 is 11.4 Å². The molecule has 2 heterocycles. The Labute approximate surface area is 191 Å². The lowest BCUT2D eigenvalue weighted by molar-refractivity contribution is 0.322. The maximum absolute atomic E-state index is 13.0. The fourth-order valence-electron chi connectivity index (χ4n) is 5.38. The summed E-state index contributed by atoms with van der Waals surface area (Å²) in [4.78, 5) is 13.0. The van der Waals surface area contributed by atoms with Gasteiger partial charge in [-0.25, -0.2) is 4.68 Å². The van der Waals surface area contributed by atoms with Gasteiger partial charge in [-0.15, -0.1) is 20.4 Å². The summed E-state index contributed by atoms with van der Waals surface area (Å²) in [5.74, 6) is 1.25. The third-order valence-electron chi connectivity index (χ3n) is 7.15. The molecule has 1 aromatic carbocycles. The number of hydrogen-bond acceptors (Lipinski definition) is 7. The number of hydrogen-bond donors (Lipinski definition) is 3. The SMILES string of the molecule is Cc1[nH]n(C2CCCCC2)c(=O)c1N=Nc1cccc(C2CCCC(c3nn[nH]n3)C2)c1O. The first-order chi connectivity index (χ1) is 16.1. The number of aromatic nitrogens is 6. The van der Waals surface area contributed by atoms with Crippen molar-refractivity contribution in [3.05, 3.63) is 45.6 Å². The van der Waals surface area contributed by atoms with Gasteiger partial charge in [-0.3, -0.25) is 9.89 Å². The van der Waals surface area contributed by atoms with Gasteiger partial charge in [0, 0.05) is 5.92 Å². The van der Waals surface area contributed by atoms with Gasteiger partial charge >= 0.3 is 0 Å². The molecule has 174 valence electrons. The van der Waals surface area contributed by atoms with E-state index >= 15 is 0 Å². The number of aromatic hydroxyl groups is 1. The van der Waals surface area contributed by atoms with Gasteiger partial charge in [0.15, 0.2) is 11.5 Å². The second-order valence-corrected chi connectivity index (χ2v) is 9.30. The third-order valence-corrected chi connectivity index (χ3v) is 7.15. The molecule has 3 N–H and O–H groups in total. The Morgan fingerprint density at radius 3 is 2.67 bits per heavy atom. The number of nitrogens with zero attached hydrogens (tertiary/aromatic N) is 6. The number of H-pyrrole nitrogens is 2. The van der Waals surface area contributed by atoms with Crippen LogP contribution in [0.1, 0.15) is 92.7 Å². The van der Waals surface area contributed by atoms with Gasteiger partial charge in [-0.2, -0.15) is 5.21 Å². The van der Waals surface area contributed by atoms with E-state index < -0.39 is 0 Å². The van der Waals surface area contributed by atoms with E-state index in [-0.39, 0.29) is 29.2 Å². The van der Waals surface area contributed by atoms with Crippen LogP contribution in [0.15, 0.2) is 33.2 Å². The molecule has 2 aromatic heterocycles. The van der Waals surface area contributed by atoms with Crippen LogP contribution in [0.4, 0.5) is 11.4 Å². The molecule has 2 atom stereocenters. The van der Waals surface area contributed by atoms with Crippen molar-refractivity contribution in [1.29, 1.82) is 0 Å². The van der Waals surface area contributed by atoms with Crippen LogP contribution in [-0.2, 0) is 0 Å². The van der Waals surface area contributed by atoms with Crippen molar-refractivity contribution in [3.63, 3.8) is 0 Å². The monoisotopic (exact) mass is 450 g/mol. The van der Waals surface area contributed by atoms with Gasteiger partial charge in [0.2, 0.25) is 0 Å². The number of benzene rings is 1. The maximum Gasteiger partial charge on any atom is 0.294 e. The highest BCUT2D eigenvalue weighted by Gasteiger charge is 2.29. The summed E-state index contributed by atoms with van der Waals surface area (Å²) in [5.41, 5.74) is 2.08. The summed E-state index contributed by atoms with van der Waals surface area (Å²) < 4.78 is 1.71. The molecule has 2 aliphatic carbocycles. The van der Waals surface area contributed by atoms with E-state index in [9.17, 15) is 9.90 Å². The Balaban J connectivity index is 1.38. The third kappa shape index (κ3) is 4.34. The number of phenols is 1. The molecule has 10 heteroatoms. The van der Waals surface area contributed by atoms with Gasteiger partial charge < -0.3 is 5.11 Å². The van der Waals surface area contributed by atoms with Gasteiger partial charge in [-0.1, -0.05) is 43.0 Å². The van der Waals surface area contributed by atoms with Gasteiger partial charge in [0.05, 0.1) is 11.7 Å². The van der Waals surface area contributed by atoms with E-state index in [1.54, 1.807) is 10.7 Å². The summed E-state index contributed by atoms with van der Waals surface area (Å²) in [6.45, 7) is 1.84. The molecule has 10 nitrogen and oxygen atoms in total. The quantitative estimate of drug-likeness (QED) is 0.466. The molecule has 0 saturated heterocycles. The van der Waals surface area contributed by atoms with Crippen LogP contribution in [0.3, 0.4) is 0 Å². The summed E-state index contributed by atoms with van der Waals surface area (Å²) in [6.07, 6.45) is 9.38. The Hall–Kier alpha value is -3.30. The van der Waals surface area contributed by atoms with Crippen molar-refractivity contribution < 1.29 is 5.11 Å². The Kier molecular flexibility index (Phi) is 6.06. The molecule has 2 unspecified atom stereocenters. The zero-order valence-corrected chi connectivity index (χ0v) is 18.9. The highest BCUT2D eigenvalue weighted by Crippen LogP contribution is 2.45. The number of aromatic amines is 2. The summed E-state index contributed by atoms with van der Waals surface area (Å²) >= 11 is 0. The van der Waals surface area contributed by atoms with Gasteiger partial charge in [0.25, 0.3) is 5.56 Å². The minimum atomic E-state index is -0.144. The van der Waals surface area contributed by atoms with E-state index in [1.807, 2.05) is 19.1 Å². The molecule has 5 rings (SSSR count). The molecule has 0 amide bonds. The minimum absolute atomic E-state index is 0.126. The molecular weight excluding hydrogens is 420 g/mol. The Morgan fingerprint density at radius 1 is 1.06 bits per heavy atom. The number of nitrogens with one attached hydrogen (secondary N) is 2. The average molecular weight is 451 g/mol. The second-order valence-electron chi connectivity index (χ2n) is 9.30. The molecule has 3 aromatic rings. The van der Waals surface area contributed by atoms with E-state index in [2.05, 4.69) is 36.0 Å². The lowest BCUT2D eigenvalue weighted by atomic mass is 9.77. The highest BCUT2D eigenvalue weighted by molar-refractivity contribution is 5.56. The highest BCUT2D eigenvalue weighted by atomic mass is 16.3. The number of phenolic OH excluding ortho intramolecular Hbond substituents is 1. The molecule has 0 aliphatic heterocycles. The Bertz CT molecular complexity index is 1170. The van der Waals surface area contributed by atoms with Crippen LogP contribution >= 0.6 is 0 Å². The normalized spacial score (nSPS) is 22.2. The zero-order chi connectivity index (χ0) is 22.8. The van der Waals surface area contributed by atoms with Crippen molar-refractivity contribution in [2.75, 3.05) is 0 Å². The first-order valence-corrected chi connectivity index (χ1v) is 11.9. The van der Waals surface area contributed by atoms with Crippen molar-refractivity contribution in [1.82, 2.24) is 30.4 Å². The molecule has 0 spiro atoms. The van der Waals surface area contributed by atoms with Crippen LogP contribution in [-0.4, -0.2) is 35.5 Å². The van der Waals surface area contributed by atoms with Crippen LogP contribution < -0.4 is 5.56 Å². The van der Waals surface area contributed by atoms with E-state index in [4.69, 9.17) is 0 Å². The molecule has 0 bridgehead atoms. The number of tetrazole rings is 1. The van der Waals surface area contributed by atoms with Crippen molar-refractivity contribution in [2.45, 2.75) is 82.6 Å². The van der Waals surface area contributed by atoms with Crippen molar-refractivity contribution in [3.8, 4) is 5.75 Å². The first-order valence-electron chi connectivity index (χ1n) is 11.9. The fraction of sp³-hybridized carbons (Fsp3) is 0.565. The van der Waals surface area contributed by atoms with E-state index in [0.29, 0.717) is 17.1 Å². The fourth-order valence-corrected chi connectivity index (χ4v) is 5.38. The maximum atomic E-state index is 13.0. The van der Waals surface area contributed by atoms with Gasteiger partial charge in [-0.05, 0) is 56.6 Å². The first kappa shape index (κ1) is 21.5. The molecule has 0 radical (unpaired) electrons. The van der Waals surface area contributed by atoms with Crippen LogP contribution in [0.5, 0.6) is 5.75 Å². The lowest BCUT2D eigenvalue weighted by Gasteiger charge is -2.28. The standard InChI is InChI=1S/C23H30N8O2/c1-14-20(23(33)31(28-14)17-9-3-2-4-10-17)25-24-19-12-6-11-18(21(19)32)15-7-5-8-16(13-15)22-26-29-30-27-22/h6,11-12,15-17,28,32H,2-5,7-10,13H2,1H3,(H,26,27,29,30). The Morgan fingerprint density at radius 2 is 1.88 bits per heavy atom. The van der Waals surface area contributed by atoms with Crippen LogP contribution in [0.25, 0.3) is 0 Å².